The Bertz CT molecular complexity index is 1730. The summed E-state index contributed by atoms with van der Waals surface area (Å²) in [5.74, 6) is 0.613. The highest BCUT2D eigenvalue weighted by molar-refractivity contribution is 5.93. The highest BCUT2D eigenvalue weighted by atomic mass is 19.1. The van der Waals surface area contributed by atoms with Gasteiger partial charge in [-0.1, -0.05) is 17.7 Å². The summed E-state index contributed by atoms with van der Waals surface area (Å²) in [4.78, 5) is 23.4. The molecule has 10 heteroatoms. The molecule has 0 spiro atoms. The molecule has 1 unspecified atom stereocenters. The number of carboxylic acid groups (broad SMARTS) is 1. The Balaban J connectivity index is 1.18. The van der Waals surface area contributed by atoms with Crippen LogP contribution in [0, 0.1) is 17.1 Å². The second-order valence-electron chi connectivity index (χ2n) is 10.6. The van der Waals surface area contributed by atoms with Crippen LogP contribution in [0.5, 0.6) is 5.88 Å². The molecule has 2 aromatic carbocycles. The number of pyridine rings is 1. The SMILES string of the molecule is CC(=C1CCN(c2cccc(OCc3ccc(C#N)cc3F)n2)CC1)c1nc2ccc(C(=O)O)cc2n1CC1CCO1. The second-order valence-corrected chi connectivity index (χ2v) is 10.6. The number of allylic oxidation sites excluding steroid dienone is 1. The van der Waals surface area contributed by atoms with Crippen LogP contribution in [0.3, 0.4) is 0 Å². The van der Waals surface area contributed by atoms with Crippen molar-refractivity contribution in [1.82, 2.24) is 14.5 Å². The van der Waals surface area contributed by atoms with Crippen LogP contribution in [0.1, 0.15) is 53.5 Å². The lowest BCUT2D eigenvalue weighted by Gasteiger charge is -2.31. The van der Waals surface area contributed by atoms with Crippen LogP contribution in [0.25, 0.3) is 16.6 Å². The van der Waals surface area contributed by atoms with Crippen molar-refractivity contribution in [3.05, 3.63) is 88.5 Å². The van der Waals surface area contributed by atoms with E-state index in [0.29, 0.717) is 18.0 Å². The summed E-state index contributed by atoms with van der Waals surface area (Å²) in [5, 5.41) is 18.5. The first kappa shape index (κ1) is 27.4. The molecule has 2 saturated heterocycles. The zero-order chi connectivity index (χ0) is 29.2. The van der Waals surface area contributed by atoms with Gasteiger partial charge < -0.3 is 24.0 Å². The number of ether oxygens (including phenoxy) is 2. The molecule has 6 rings (SSSR count). The number of carbonyl (C=O) groups is 1. The molecule has 1 N–H and O–H groups in total. The van der Waals surface area contributed by atoms with E-state index in [4.69, 9.17) is 19.7 Å². The van der Waals surface area contributed by atoms with Crippen LogP contribution < -0.4 is 9.64 Å². The van der Waals surface area contributed by atoms with Gasteiger partial charge in [-0.15, -0.1) is 0 Å². The molecule has 2 aliphatic rings. The summed E-state index contributed by atoms with van der Waals surface area (Å²) >= 11 is 0. The summed E-state index contributed by atoms with van der Waals surface area (Å²) in [6.07, 6.45) is 2.74. The number of carboxylic acids is 1. The molecular weight excluding hydrogens is 537 g/mol. The van der Waals surface area contributed by atoms with Gasteiger partial charge in [-0.3, -0.25) is 0 Å². The van der Waals surface area contributed by atoms with Gasteiger partial charge in [0.2, 0.25) is 5.88 Å². The number of hydrogen-bond acceptors (Lipinski definition) is 7. The van der Waals surface area contributed by atoms with Crippen LogP contribution in [0.4, 0.5) is 10.2 Å². The van der Waals surface area contributed by atoms with E-state index in [1.807, 2.05) is 18.2 Å². The summed E-state index contributed by atoms with van der Waals surface area (Å²) in [7, 11) is 0. The van der Waals surface area contributed by atoms with E-state index in [2.05, 4.69) is 21.4 Å². The molecule has 4 heterocycles. The number of imidazole rings is 1. The normalized spacial score (nSPS) is 16.6. The van der Waals surface area contributed by atoms with Crippen molar-refractivity contribution in [2.45, 2.75) is 45.4 Å². The monoisotopic (exact) mass is 567 g/mol. The van der Waals surface area contributed by atoms with Gasteiger partial charge >= 0.3 is 5.97 Å². The van der Waals surface area contributed by atoms with Crippen molar-refractivity contribution in [3.63, 3.8) is 0 Å². The molecule has 2 aliphatic heterocycles. The van der Waals surface area contributed by atoms with Gasteiger partial charge in [0.15, 0.2) is 0 Å². The number of halogens is 1. The van der Waals surface area contributed by atoms with E-state index in [1.54, 1.807) is 36.4 Å². The van der Waals surface area contributed by atoms with Crippen molar-refractivity contribution >= 4 is 28.4 Å². The largest absolute Gasteiger partial charge is 0.478 e. The Hall–Kier alpha value is -4.75. The predicted molar refractivity (Wildman–Crippen MR) is 155 cm³/mol. The van der Waals surface area contributed by atoms with E-state index in [0.717, 1.165) is 67.2 Å². The van der Waals surface area contributed by atoms with Crippen LogP contribution >= 0.6 is 0 Å². The van der Waals surface area contributed by atoms with Crippen LogP contribution in [-0.4, -0.2) is 51.4 Å². The Morgan fingerprint density at radius 3 is 2.67 bits per heavy atom. The molecule has 42 heavy (non-hydrogen) atoms. The fraction of sp³-hybridized carbons (Fsp3) is 0.312. The number of nitriles is 1. The Kier molecular flexibility index (Phi) is 7.59. The molecule has 4 aromatic rings. The maximum absolute atomic E-state index is 14.3. The number of aromatic carboxylic acids is 1. The summed E-state index contributed by atoms with van der Waals surface area (Å²) < 4.78 is 27.8. The number of aromatic nitrogens is 3. The second kappa shape index (κ2) is 11.6. The third-order valence-corrected chi connectivity index (χ3v) is 8.00. The fourth-order valence-electron chi connectivity index (χ4n) is 5.44. The number of benzene rings is 2. The lowest BCUT2D eigenvalue weighted by molar-refractivity contribution is -0.0587. The number of piperidine rings is 1. The van der Waals surface area contributed by atoms with Crippen molar-refractivity contribution < 1.29 is 23.8 Å². The Morgan fingerprint density at radius 1 is 1.17 bits per heavy atom. The van der Waals surface area contributed by atoms with Crippen molar-refractivity contribution in [3.8, 4) is 11.9 Å². The summed E-state index contributed by atoms with van der Waals surface area (Å²) in [5.41, 5.74) is 4.86. The average Bonchev–Trinajstić information content (AvgIpc) is 3.35. The van der Waals surface area contributed by atoms with E-state index in [-0.39, 0.29) is 23.8 Å². The Labute approximate surface area is 242 Å². The number of fused-ring (bicyclic) bond motifs is 1. The minimum atomic E-state index is -0.960. The van der Waals surface area contributed by atoms with Crippen LogP contribution in [0.15, 0.2) is 60.2 Å². The van der Waals surface area contributed by atoms with Gasteiger partial charge in [0, 0.05) is 31.3 Å². The molecule has 0 aliphatic carbocycles. The lowest BCUT2D eigenvalue weighted by Crippen LogP contribution is -2.32. The highest BCUT2D eigenvalue weighted by Gasteiger charge is 2.25. The number of rotatable bonds is 8. The van der Waals surface area contributed by atoms with Gasteiger partial charge in [-0.2, -0.15) is 10.2 Å². The third-order valence-electron chi connectivity index (χ3n) is 8.00. The minimum Gasteiger partial charge on any atom is -0.478 e. The molecule has 9 nitrogen and oxygen atoms in total. The topological polar surface area (TPSA) is 114 Å². The maximum Gasteiger partial charge on any atom is 0.335 e. The number of hydrogen-bond donors (Lipinski definition) is 1. The number of nitrogens with zero attached hydrogens (tertiary/aromatic N) is 5. The molecule has 0 radical (unpaired) electrons. The molecular formula is C32H30FN5O4. The van der Waals surface area contributed by atoms with Crippen LogP contribution in [-0.2, 0) is 17.9 Å². The first-order chi connectivity index (χ1) is 20.4. The van der Waals surface area contributed by atoms with Crippen molar-refractivity contribution in [2.24, 2.45) is 0 Å². The first-order valence-electron chi connectivity index (χ1n) is 14.0. The third kappa shape index (κ3) is 5.56. The molecule has 2 fully saturated rings. The molecule has 0 bridgehead atoms. The molecule has 0 saturated carbocycles. The van der Waals surface area contributed by atoms with Crippen molar-refractivity contribution in [1.29, 1.82) is 5.26 Å². The minimum absolute atomic E-state index is 0.0148. The average molecular weight is 568 g/mol. The van der Waals surface area contributed by atoms with E-state index in [9.17, 15) is 14.3 Å². The van der Waals surface area contributed by atoms with Gasteiger partial charge in [0.05, 0.1) is 40.9 Å². The summed E-state index contributed by atoms with van der Waals surface area (Å²) in [6.45, 7) is 5.02. The zero-order valence-electron chi connectivity index (χ0n) is 23.2. The van der Waals surface area contributed by atoms with Gasteiger partial charge in [0.25, 0.3) is 0 Å². The Morgan fingerprint density at radius 2 is 1.98 bits per heavy atom. The zero-order valence-corrected chi connectivity index (χ0v) is 23.2. The number of anilines is 1. The van der Waals surface area contributed by atoms with E-state index >= 15 is 0 Å². The van der Waals surface area contributed by atoms with Gasteiger partial charge in [-0.25, -0.2) is 14.2 Å². The smallest absolute Gasteiger partial charge is 0.335 e. The lowest BCUT2D eigenvalue weighted by atomic mass is 9.98. The first-order valence-corrected chi connectivity index (χ1v) is 14.0. The highest BCUT2D eigenvalue weighted by Crippen LogP contribution is 2.32. The van der Waals surface area contributed by atoms with Gasteiger partial charge in [0.1, 0.15) is 24.1 Å². The predicted octanol–water partition coefficient (Wildman–Crippen LogP) is 5.58. The van der Waals surface area contributed by atoms with E-state index in [1.165, 1.54) is 11.6 Å². The molecule has 0 amide bonds. The molecule has 1 atom stereocenters. The summed E-state index contributed by atoms with van der Waals surface area (Å²) in [6, 6.07) is 16.9. The van der Waals surface area contributed by atoms with Crippen molar-refractivity contribution in [2.75, 3.05) is 24.6 Å². The molecule has 2 aromatic heterocycles. The fourth-order valence-corrected chi connectivity index (χ4v) is 5.44. The molecule has 214 valence electrons. The van der Waals surface area contributed by atoms with Crippen LogP contribution in [0.2, 0.25) is 0 Å². The standard InChI is InChI=1S/C32H30FN5O4/c1-20(31-35-27-8-7-23(32(39)40)16-28(27)38(31)18-25-11-14-41-25)22-9-12-37(13-10-22)29-3-2-4-30(36-29)42-19-24-6-5-21(17-34)15-26(24)33/h2-8,15-16,25H,9-14,18-19H2,1H3,(H,39,40). The van der Waals surface area contributed by atoms with E-state index < -0.39 is 11.8 Å². The maximum atomic E-state index is 14.3. The quantitative estimate of drug-likeness (QED) is 0.294. The van der Waals surface area contributed by atoms with Gasteiger partial charge in [-0.05, 0) is 68.2 Å².